The number of rotatable bonds is 6. The minimum absolute atomic E-state index is 1.18. The van der Waals surface area contributed by atoms with Crippen LogP contribution in [-0.4, -0.2) is 9.13 Å². The van der Waals surface area contributed by atoms with Crippen molar-refractivity contribution in [2.75, 3.05) is 0 Å². The molecular weight excluding hydrogens is 685 g/mol. The van der Waals surface area contributed by atoms with Gasteiger partial charge in [0.15, 0.2) is 0 Å². The van der Waals surface area contributed by atoms with E-state index in [9.17, 15) is 0 Å². The molecule has 0 aliphatic heterocycles. The van der Waals surface area contributed by atoms with Crippen LogP contribution in [0.25, 0.3) is 98.1 Å². The van der Waals surface area contributed by atoms with E-state index in [1.807, 2.05) is 11.3 Å². The van der Waals surface area contributed by atoms with Crippen molar-refractivity contribution in [1.29, 1.82) is 0 Å². The van der Waals surface area contributed by atoms with Crippen LogP contribution >= 0.6 is 11.3 Å². The first-order chi connectivity index (χ1) is 27.3. The first-order valence-corrected chi connectivity index (χ1v) is 19.6. The van der Waals surface area contributed by atoms with Crippen LogP contribution in [0.1, 0.15) is 0 Å². The fraction of sp³-hybridized carbons (Fsp3) is 0. The van der Waals surface area contributed by atoms with Crippen molar-refractivity contribution in [2.45, 2.75) is 0 Å². The molecule has 3 heteroatoms. The van der Waals surface area contributed by atoms with Crippen molar-refractivity contribution < 1.29 is 0 Å². The molecule has 0 atom stereocenters. The molecule has 0 radical (unpaired) electrons. The standard InChI is InChI=1S/C52H34N2S/c1-3-11-41(12-4-1)53-47-17-9-7-15-43(47)45-33-39(27-29-49(45)53)35-19-23-37(24-20-35)51-31-32-52(55-51)38-25-21-36(22-26-38)40-28-30-50-46(34-40)44-16-8-10-18-48(44)54(50)42-13-5-2-6-14-42/h1-34H. The average Bonchev–Trinajstić information content (AvgIpc) is 3.97. The highest BCUT2D eigenvalue weighted by Crippen LogP contribution is 2.39. The highest BCUT2D eigenvalue weighted by molar-refractivity contribution is 7.18. The Morgan fingerprint density at radius 1 is 0.255 bits per heavy atom. The Kier molecular flexibility index (Phi) is 7.39. The van der Waals surface area contributed by atoms with E-state index in [1.165, 1.54) is 98.1 Å². The molecule has 0 saturated carbocycles. The summed E-state index contributed by atoms with van der Waals surface area (Å²) in [5.41, 5.74) is 14.6. The Bertz CT molecular complexity index is 2950. The normalized spacial score (nSPS) is 11.6. The van der Waals surface area contributed by atoms with Crippen molar-refractivity contribution >= 4 is 54.9 Å². The van der Waals surface area contributed by atoms with E-state index in [4.69, 9.17) is 0 Å². The van der Waals surface area contributed by atoms with Gasteiger partial charge in [0.25, 0.3) is 0 Å². The van der Waals surface area contributed by atoms with Gasteiger partial charge in [0.05, 0.1) is 22.1 Å². The molecule has 0 unspecified atom stereocenters. The SMILES string of the molecule is c1ccc(-n2c3ccccc3c3cc(-c4ccc(-c5ccc(-c6ccc(-c7ccc8c(c7)c7ccccc7n8-c7ccccc7)cc6)s5)cc4)ccc32)cc1. The summed E-state index contributed by atoms with van der Waals surface area (Å²) in [4.78, 5) is 2.54. The second-order valence-corrected chi connectivity index (χ2v) is 15.2. The van der Waals surface area contributed by atoms with Crippen LogP contribution in [0.15, 0.2) is 206 Å². The summed E-state index contributed by atoms with van der Waals surface area (Å²) in [7, 11) is 0. The van der Waals surface area contributed by atoms with E-state index in [-0.39, 0.29) is 0 Å². The zero-order valence-corrected chi connectivity index (χ0v) is 30.7. The molecule has 2 nitrogen and oxygen atoms in total. The Balaban J connectivity index is 0.866. The van der Waals surface area contributed by atoms with Gasteiger partial charge in [0, 0.05) is 42.7 Å². The maximum Gasteiger partial charge on any atom is 0.0541 e. The molecule has 0 aliphatic rings. The highest BCUT2D eigenvalue weighted by Gasteiger charge is 2.15. The van der Waals surface area contributed by atoms with E-state index in [2.05, 4.69) is 215 Å². The first-order valence-electron chi connectivity index (χ1n) is 18.8. The van der Waals surface area contributed by atoms with Crippen LogP contribution in [0.4, 0.5) is 0 Å². The van der Waals surface area contributed by atoms with E-state index in [0.29, 0.717) is 0 Å². The number of nitrogens with zero attached hydrogens (tertiary/aromatic N) is 2. The van der Waals surface area contributed by atoms with Gasteiger partial charge in [-0.3, -0.25) is 0 Å². The van der Waals surface area contributed by atoms with Gasteiger partial charge in [0.2, 0.25) is 0 Å². The van der Waals surface area contributed by atoms with Gasteiger partial charge in [0.1, 0.15) is 0 Å². The summed E-state index contributed by atoms with van der Waals surface area (Å²) in [5, 5.41) is 5.08. The van der Waals surface area contributed by atoms with Gasteiger partial charge < -0.3 is 9.13 Å². The smallest absolute Gasteiger partial charge is 0.0541 e. The molecule has 0 bridgehead atoms. The Hall–Kier alpha value is -6.94. The summed E-state index contributed by atoms with van der Waals surface area (Å²) in [5.74, 6) is 0. The van der Waals surface area contributed by atoms with E-state index >= 15 is 0 Å². The third-order valence-electron chi connectivity index (χ3n) is 11.0. The van der Waals surface area contributed by atoms with Crippen molar-refractivity contribution in [3.05, 3.63) is 206 Å². The number of hydrogen-bond acceptors (Lipinski definition) is 1. The number of thiophene rings is 1. The lowest BCUT2D eigenvalue weighted by molar-refractivity contribution is 1.18. The van der Waals surface area contributed by atoms with E-state index in [1.54, 1.807) is 0 Å². The molecule has 0 amide bonds. The monoisotopic (exact) mass is 718 g/mol. The lowest BCUT2D eigenvalue weighted by Crippen LogP contribution is -1.92. The predicted molar refractivity (Wildman–Crippen MR) is 235 cm³/mol. The maximum absolute atomic E-state index is 2.37. The maximum atomic E-state index is 2.37. The summed E-state index contributed by atoms with van der Waals surface area (Å²) in [6, 6.07) is 75.0. The Labute approximate surface area is 323 Å². The van der Waals surface area contributed by atoms with Gasteiger partial charge in [-0.1, -0.05) is 133 Å². The van der Waals surface area contributed by atoms with Crippen LogP contribution in [0, 0.1) is 0 Å². The molecule has 11 aromatic rings. The second kappa shape index (κ2) is 12.9. The molecule has 0 aliphatic carbocycles. The molecule has 0 saturated heterocycles. The van der Waals surface area contributed by atoms with Crippen LogP contribution in [0.2, 0.25) is 0 Å². The molecule has 0 fully saturated rings. The average molecular weight is 719 g/mol. The molecule has 3 aromatic heterocycles. The third-order valence-corrected chi connectivity index (χ3v) is 12.2. The highest BCUT2D eigenvalue weighted by atomic mass is 32.1. The van der Waals surface area contributed by atoms with Gasteiger partial charge >= 0.3 is 0 Å². The molecule has 55 heavy (non-hydrogen) atoms. The van der Waals surface area contributed by atoms with E-state index in [0.717, 1.165) is 0 Å². The van der Waals surface area contributed by atoms with Gasteiger partial charge in [-0.05, 0) is 106 Å². The first kappa shape index (κ1) is 31.6. The quantitative estimate of drug-likeness (QED) is 0.162. The van der Waals surface area contributed by atoms with Gasteiger partial charge in [-0.15, -0.1) is 11.3 Å². The van der Waals surface area contributed by atoms with Crippen LogP contribution < -0.4 is 0 Å². The zero-order valence-electron chi connectivity index (χ0n) is 29.9. The molecule has 3 heterocycles. The Morgan fingerprint density at radius 2 is 0.600 bits per heavy atom. The van der Waals surface area contributed by atoms with Crippen molar-refractivity contribution in [3.63, 3.8) is 0 Å². The lowest BCUT2D eigenvalue weighted by Gasteiger charge is -2.08. The topological polar surface area (TPSA) is 9.86 Å². The lowest BCUT2D eigenvalue weighted by atomic mass is 10.0. The van der Waals surface area contributed by atoms with Crippen molar-refractivity contribution in [1.82, 2.24) is 9.13 Å². The summed E-state index contributed by atoms with van der Waals surface area (Å²) in [6.45, 7) is 0. The molecule has 0 N–H and O–H groups in total. The molecular formula is C52H34N2S. The largest absolute Gasteiger partial charge is 0.309 e. The minimum Gasteiger partial charge on any atom is -0.309 e. The van der Waals surface area contributed by atoms with Crippen LogP contribution in [0.3, 0.4) is 0 Å². The Morgan fingerprint density at radius 3 is 1.04 bits per heavy atom. The molecule has 0 spiro atoms. The molecule has 258 valence electrons. The number of hydrogen-bond donors (Lipinski definition) is 0. The number of para-hydroxylation sites is 4. The van der Waals surface area contributed by atoms with Crippen molar-refractivity contribution in [2.24, 2.45) is 0 Å². The van der Waals surface area contributed by atoms with Crippen molar-refractivity contribution in [3.8, 4) is 54.5 Å². The van der Waals surface area contributed by atoms with Crippen LogP contribution in [-0.2, 0) is 0 Å². The number of benzene rings is 8. The fourth-order valence-electron chi connectivity index (χ4n) is 8.32. The molecule has 8 aromatic carbocycles. The number of aromatic nitrogens is 2. The third kappa shape index (κ3) is 5.32. The fourth-order valence-corrected chi connectivity index (χ4v) is 9.33. The number of fused-ring (bicyclic) bond motifs is 6. The van der Waals surface area contributed by atoms with Crippen LogP contribution in [0.5, 0.6) is 0 Å². The molecule has 11 rings (SSSR count). The summed E-state index contributed by atoms with van der Waals surface area (Å²) >= 11 is 1.84. The summed E-state index contributed by atoms with van der Waals surface area (Å²) < 4.78 is 4.73. The van der Waals surface area contributed by atoms with E-state index < -0.39 is 0 Å². The zero-order chi connectivity index (χ0) is 36.3. The van der Waals surface area contributed by atoms with Gasteiger partial charge in [-0.2, -0.15) is 0 Å². The predicted octanol–water partition coefficient (Wildman–Crippen LogP) is 14.6. The minimum atomic E-state index is 1.18. The van der Waals surface area contributed by atoms with Gasteiger partial charge in [-0.25, -0.2) is 0 Å². The second-order valence-electron chi connectivity index (χ2n) is 14.2. The summed E-state index contributed by atoms with van der Waals surface area (Å²) in [6.07, 6.45) is 0.